The lowest BCUT2D eigenvalue weighted by Gasteiger charge is -2.24. The fourth-order valence-corrected chi connectivity index (χ4v) is 2.97. The number of halogens is 1. The van der Waals surface area contributed by atoms with Crippen molar-refractivity contribution in [1.82, 2.24) is 5.32 Å². The lowest BCUT2D eigenvalue weighted by molar-refractivity contribution is -0.152. The highest BCUT2D eigenvalue weighted by Crippen LogP contribution is 2.24. The topological polar surface area (TPSA) is 75.6 Å². The van der Waals surface area contributed by atoms with Gasteiger partial charge in [-0.1, -0.05) is 49.7 Å². The first kappa shape index (κ1) is 23.7. The maximum Gasteiger partial charge on any atom is 0.347 e. The SMILES string of the molecule is CC(C)(CCc1ccc(Cl)cc1)C(=O)NCCc1ccc(OC(C)(C)C(=O)O)cc1. The van der Waals surface area contributed by atoms with Crippen molar-refractivity contribution in [1.29, 1.82) is 0 Å². The molecule has 162 valence electrons. The van der Waals surface area contributed by atoms with Crippen LogP contribution >= 0.6 is 11.6 Å². The van der Waals surface area contributed by atoms with E-state index in [2.05, 4.69) is 5.32 Å². The van der Waals surface area contributed by atoms with Crippen molar-refractivity contribution >= 4 is 23.5 Å². The van der Waals surface area contributed by atoms with Gasteiger partial charge in [-0.15, -0.1) is 0 Å². The van der Waals surface area contributed by atoms with Crippen molar-refractivity contribution in [2.45, 2.75) is 52.6 Å². The summed E-state index contributed by atoms with van der Waals surface area (Å²) in [7, 11) is 0. The van der Waals surface area contributed by atoms with E-state index in [-0.39, 0.29) is 5.91 Å². The summed E-state index contributed by atoms with van der Waals surface area (Å²) in [5, 5.41) is 12.9. The third-order valence-electron chi connectivity index (χ3n) is 5.08. The molecule has 0 aromatic heterocycles. The van der Waals surface area contributed by atoms with Crippen LogP contribution in [-0.2, 0) is 22.4 Å². The number of amides is 1. The van der Waals surface area contributed by atoms with Gasteiger partial charge >= 0.3 is 5.97 Å². The minimum atomic E-state index is -1.28. The molecule has 0 aliphatic rings. The van der Waals surface area contributed by atoms with E-state index in [1.54, 1.807) is 12.1 Å². The zero-order valence-electron chi connectivity index (χ0n) is 18.0. The van der Waals surface area contributed by atoms with Crippen LogP contribution in [-0.4, -0.2) is 29.1 Å². The summed E-state index contributed by atoms with van der Waals surface area (Å²) in [5.74, 6) is -0.494. The molecule has 2 aromatic rings. The predicted molar refractivity (Wildman–Crippen MR) is 119 cm³/mol. The molecule has 5 nitrogen and oxygen atoms in total. The Morgan fingerprint density at radius 2 is 1.47 bits per heavy atom. The average molecular weight is 432 g/mol. The summed E-state index contributed by atoms with van der Waals surface area (Å²) in [4.78, 5) is 23.7. The number of carboxylic acids is 1. The number of carbonyl (C=O) groups excluding carboxylic acids is 1. The van der Waals surface area contributed by atoms with Gasteiger partial charge in [-0.2, -0.15) is 0 Å². The minimum Gasteiger partial charge on any atom is -0.478 e. The standard InChI is InChI=1S/C24H30ClNO4/c1-23(2,15-13-17-5-9-19(25)10-6-17)21(27)26-16-14-18-7-11-20(12-8-18)30-24(3,4)22(28)29/h5-12H,13-16H2,1-4H3,(H,26,27)(H,28,29). The molecule has 2 aromatic carbocycles. The maximum atomic E-state index is 12.6. The number of aliphatic carboxylic acids is 1. The van der Waals surface area contributed by atoms with Crippen LogP contribution in [0.3, 0.4) is 0 Å². The molecule has 0 atom stereocenters. The van der Waals surface area contributed by atoms with Gasteiger partial charge in [-0.05, 0) is 68.5 Å². The van der Waals surface area contributed by atoms with E-state index in [0.29, 0.717) is 23.7 Å². The van der Waals surface area contributed by atoms with Gasteiger partial charge in [0.05, 0.1) is 0 Å². The number of aryl methyl sites for hydroxylation is 1. The van der Waals surface area contributed by atoms with Crippen molar-refractivity contribution in [2.24, 2.45) is 5.41 Å². The smallest absolute Gasteiger partial charge is 0.347 e. The first-order valence-electron chi connectivity index (χ1n) is 10.0. The molecule has 2 rings (SSSR count). The second-order valence-electron chi connectivity index (χ2n) is 8.58. The van der Waals surface area contributed by atoms with E-state index in [0.717, 1.165) is 24.0 Å². The molecule has 0 unspecified atom stereocenters. The monoisotopic (exact) mass is 431 g/mol. The Morgan fingerprint density at radius 1 is 0.933 bits per heavy atom. The average Bonchev–Trinajstić information content (AvgIpc) is 2.68. The Labute approximate surface area is 183 Å². The number of benzene rings is 2. The number of hydrogen-bond donors (Lipinski definition) is 2. The van der Waals surface area contributed by atoms with Crippen LogP contribution in [0.25, 0.3) is 0 Å². The highest BCUT2D eigenvalue weighted by molar-refractivity contribution is 6.30. The molecule has 6 heteroatoms. The maximum absolute atomic E-state index is 12.6. The summed E-state index contributed by atoms with van der Waals surface area (Å²) in [6.07, 6.45) is 2.24. The first-order valence-corrected chi connectivity index (χ1v) is 10.4. The molecule has 1 amide bonds. The van der Waals surface area contributed by atoms with E-state index >= 15 is 0 Å². The van der Waals surface area contributed by atoms with E-state index in [1.165, 1.54) is 13.8 Å². The number of carboxylic acid groups (broad SMARTS) is 1. The second kappa shape index (κ2) is 9.98. The second-order valence-corrected chi connectivity index (χ2v) is 9.01. The fourth-order valence-electron chi connectivity index (χ4n) is 2.84. The highest BCUT2D eigenvalue weighted by Gasteiger charge is 2.29. The summed E-state index contributed by atoms with van der Waals surface area (Å²) in [6.45, 7) is 7.45. The van der Waals surface area contributed by atoms with Gasteiger partial charge < -0.3 is 15.2 Å². The number of hydrogen-bond acceptors (Lipinski definition) is 3. The molecular weight excluding hydrogens is 402 g/mol. The molecule has 0 radical (unpaired) electrons. The lowest BCUT2D eigenvalue weighted by atomic mass is 9.85. The summed E-state index contributed by atoms with van der Waals surface area (Å²) in [5.41, 5.74) is 0.440. The third kappa shape index (κ3) is 7.06. The molecule has 0 saturated carbocycles. The molecule has 0 bridgehead atoms. The molecule has 0 heterocycles. The molecule has 0 aliphatic carbocycles. The molecule has 0 spiro atoms. The third-order valence-corrected chi connectivity index (χ3v) is 5.33. The summed E-state index contributed by atoms with van der Waals surface area (Å²) in [6, 6.07) is 15.0. The molecule has 0 fully saturated rings. The van der Waals surface area contributed by atoms with Crippen molar-refractivity contribution in [2.75, 3.05) is 6.54 Å². The van der Waals surface area contributed by atoms with Gasteiger partial charge in [-0.25, -0.2) is 4.79 Å². The van der Waals surface area contributed by atoms with E-state index in [9.17, 15) is 9.59 Å². The van der Waals surface area contributed by atoms with Crippen LogP contribution < -0.4 is 10.1 Å². The Balaban J connectivity index is 1.80. The normalized spacial score (nSPS) is 11.8. The van der Waals surface area contributed by atoms with Crippen LogP contribution in [0.15, 0.2) is 48.5 Å². The molecule has 0 aliphatic heterocycles. The summed E-state index contributed by atoms with van der Waals surface area (Å²) < 4.78 is 5.50. The Bertz CT molecular complexity index is 858. The van der Waals surface area contributed by atoms with Crippen molar-refractivity contribution in [3.63, 3.8) is 0 Å². The minimum absolute atomic E-state index is 0.0274. The van der Waals surface area contributed by atoms with Gasteiger partial charge in [0.15, 0.2) is 5.60 Å². The Kier molecular flexibility index (Phi) is 7.90. The van der Waals surface area contributed by atoms with Crippen molar-refractivity contribution < 1.29 is 19.4 Å². The quantitative estimate of drug-likeness (QED) is 0.561. The first-order chi connectivity index (χ1) is 14.0. The van der Waals surface area contributed by atoms with Crippen LogP contribution in [0.1, 0.15) is 45.2 Å². The van der Waals surface area contributed by atoms with E-state index in [4.69, 9.17) is 21.4 Å². The lowest BCUT2D eigenvalue weighted by Crippen LogP contribution is -2.38. The van der Waals surface area contributed by atoms with Gasteiger partial charge in [0.1, 0.15) is 5.75 Å². The van der Waals surface area contributed by atoms with E-state index < -0.39 is 17.0 Å². The van der Waals surface area contributed by atoms with Crippen LogP contribution in [0.4, 0.5) is 0 Å². The fraction of sp³-hybridized carbons (Fsp3) is 0.417. The molecule has 2 N–H and O–H groups in total. The van der Waals surface area contributed by atoms with Crippen LogP contribution in [0.2, 0.25) is 5.02 Å². The summed E-state index contributed by atoms with van der Waals surface area (Å²) >= 11 is 5.91. The van der Waals surface area contributed by atoms with Gasteiger partial charge in [0.25, 0.3) is 0 Å². The Morgan fingerprint density at radius 3 is 2.03 bits per heavy atom. The number of nitrogens with one attached hydrogen (secondary N) is 1. The number of rotatable bonds is 10. The van der Waals surface area contributed by atoms with Crippen molar-refractivity contribution in [3.05, 3.63) is 64.7 Å². The largest absolute Gasteiger partial charge is 0.478 e. The van der Waals surface area contributed by atoms with Crippen molar-refractivity contribution in [3.8, 4) is 5.75 Å². The van der Waals surface area contributed by atoms with E-state index in [1.807, 2.05) is 50.2 Å². The number of carbonyl (C=O) groups is 2. The molecular formula is C24H30ClNO4. The van der Waals surface area contributed by atoms with Crippen LogP contribution in [0, 0.1) is 5.41 Å². The zero-order chi connectivity index (χ0) is 22.4. The van der Waals surface area contributed by atoms with Gasteiger partial charge in [0.2, 0.25) is 5.91 Å². The van der Waals surface area contributed by atoms with Crippen LogP contribution in [0.5, 0.6) is 5.75 Å². The predicted octanol–water partition coefficient (Wildman–Crippen LogP) is 4.90. The molecule has 0 saturated heterocycles. The number of ether oxygens (including phenoxy) is 1. The Hall–Kier alpha value is -2.53. The zero-order valence-corrected chi connectivity index (χ0v) is 18.8. The highest BCUT2D eigenvalue weighted by atomic mass is 35.5. The molecule has 30 heavy (non-hydrogen) atoms. The van der Waals surface area contributed by atoms with Gasteiger partial charge in [0, 0.05) is 17.0 Å². The van der Waals surface area contributed by atoms with Gasteiger partial charge in [-0.3, -0.25) is 4.79 Å².